The van der Waals surface area contributed by atoms with Crippen LogP contribution in [0.15, 0.2) is 5.10 Å². The summed E-state index contributed by atoms with van der Waals surface area (Å²) >= 11 is 0. The molecule has 2 atom stereocenters. The molecule has 20 heavy (non-hydrogen) atoms. The highest BCUT2D eigenvalue weighted by Gasteiger charge is 2.37. The van der Waals surface area contributed by atoms with Crippen molar-refractivity contribution in [3.8, 4) is 0 Å². The first kappa shape index (κ1) is 13.6. The molecule has 0 aromatic heterocycles. The number of amides is 2. The molecule has 0 radical (unpaired) electrons. The number of hydrogen-bond donors (Lipinski definition) is 0. The van der Waals surface area contributed by atoms with Gasteiger partial charge in [0.1, 0.15) is 5.71 Å². The van der Waals surface area contributed by atoms with Crippen LogP contribution < -0.4 is 0 Å². The second kappa shape index (κ2) is 5.54. The van der Waals surface area contributed by atoms with E-state index in [1.165, 1.54) is 30.7 Å². The summed E-state index contributed by atoms with van der Waals surface area (Å²) in [5.74, 6) is 0.752. The highest BCUT2D eigenvalue weighted by Crippen LogP contribution is 2.35. The smallest absolute Gasteiger partial charge is 0.270 e. The van der Waals surface area contributed by atoms with Crippen LogP contribution in [0.4, 0.5) is 0 Å². The average molecular weight is 277 g/mol. The highest BCUT2D eigenvalue weighted by molar-refractivity contribution is 6.39. The van der Waals surface area contributed by atoms with Crippen LogP contribution in [-0.2, 0) is 9.59 Å². The van der Waals surface area contributed by atoms with Crippen LogP contribution in [0.1, 0.15) is 51.4 Å². The summed E-state index contributed by atoms with van der Waals surface area (Å²) in [6.07, 6.45) is 8.21. The molecule has 110 valence electrons. The molecular formula is C15H23N3O2. The molecule has 2 heterocycles. The van der Waals surface area contributed by atoms with Crippen LogP contribution in [0.25, 0.3) is 0 Å². The number of carbonyl (C=O) groups is 2. The topological polar surface area (TPSA) is 53.0 Å². The van der Waals surface area contributed by atoms with E-state index >= 15 is 0 Å². The summed E-state index contributed by atoms with van der Waals surface area (Å²) in [5, 5.41) is 5.50. The first-order valence-electron chi connectivity index (χ1n) is 7.82. The number of likely N-dealkylation sites (tertiary alicyclic amines) is 1. The van der Waals surface area contributed by atoms with Crippen LogP contribution in [0.2, 0.25) is 0 Å². The molecule has 3 aliphatic rings. The van der Waals surface area contributed by atoms with E-state index in [4.69, 9.17) is 0 Å². The molecule has 1 saturated carbocycles. The number of fused-ring (bicyclic) bond motifs is 1. The van der Waals surface area contributed by atoms with Gasteiger partial charge in [-0.25, -0.2) is 5.01 Å². The van der Waals surface area contributed by atoms with Gasteiger partial charge in [0, 0.05) is 32.5 Å². The fourth-order valence-electron chi connectivity index (χ4n) is 3.87. The predicted molar refractivity (Wildman–Crippen MR) is 76.1 cm³/mol. The molecule has 0 bridgehead atoms. The standard InChI is InChI=1S/C15H23N3O2/c1-17-14(19)9-8-12(16-17)15(20)18-10-4-6-11-5-2-3-7-13(11)18/h11,13H,2-10H2,1H3/t11-,13+/m0/s1. The maximum absolute atomic E-state index is 12.7. The van der Waals surface area contributed by atoms with Crippen molar-refractivity contribution in [1.82, 2.24) is 9.91 Å². The molecule has 2 aliphatic heterocycles. The molecule has 2 fully saturated rings. The summed E-state index contributed by atoms with van der Waals surface area (Å²) in [5.41, 5.74) is 0.568. The Kier molecular flexibility index (Phi) is 3.76. The molecule has 0 spiro atoms. The fourth-order valence-corrected chi connectivity index (χ4v) is 3.87. The molecular weight excluding hydrogens is 254 g/mol. The Labute approximate surface area is 120 Å². The lowest BCUT2D eigenvalue weighted by atomic mass is 9.78. The normalized spacial score (nSPS) is 30.9. The van der Waals surface area contributed by atoms with Crippen LogP contribution in [0.3, 0.4) is 0 Å². The first-order valence-corrected chi connectivity index (χ1v) is 7.82. The van der Waals surface area contributed by atoms with Gasteiger partial charge < -0.3 is 4.90 Å². The van der Waals surface area contributed by atoms with Gasteiger partial charge in [-0.1, -0.05) is 12.8 Å². The quantitative estimate of drug-likeness (QED) is 0.733. The molecule has 0 aromatic carbocycles. The van der Waals surface area contributed by atoms with E-state index in [1.807, 2.05) is 0 Å². The Morgan fingerprint density at radius 1 is 1.15 bits per heavy atom. The maximum Gasteiger partial charge on any atom is 0.270 e. The molecule has 1 saturated heterocycles. The number of carbonyl (C=O) groups excluding carboxylic acids is 2. The average Bonchev–Trinajstić information content (AvgIpc) is 2.49. The third-order valence-corrected chi connectivity index (χ3v) is 4.96. The number of nitrogens with zero attached hydrogens (tertiary/aromatic N) is 3. The van der Waals surface area contributed by atoms with E-state index in [9.17, 15) is 9.59 Å². The van der Waals surface area contributed by atoms with Crippen molar-refractivity contribution >= 4 is 17.5 Å². The SMILES string of the molecule is CN1N=C(C(=O)N2CCC[C@@H]3CCCC[C@H]32)CCC1=O. The van der Waals surface area contributed by atoms with Crippen molar-refractivity contribution in [3.63, 3.8) is 0 Å². The lowest BCUT2D eigenvalue weighted by Crippen LogP contribution is -2.52. The van der Waals surface area contributed by atoms with Crippen LogP contribution >= 0.6 is 0 Å². The Bertz CT molecular complexity index is 444. The highest BCUT2D eigenvalue weighted by atomic mass is 16.2. The van der Waals surface area contributed by atoms with Crippen LogP contribution in [-0.4, -0.2) is 47.1 Å². The molecule has 3 rings (SSSR count). The molecule has 0 N–H and O–H groups in total. The first-order chi connectivity index (χ1) is 9.66. The van der Waals surface area contributed by atoms with Gasteiger partial charge in [0.15, 0.2) is 0 Å². The van der Waals surface area contributed by atoms with Crippen molar-refractivity contribution in [2.45, 2.75) is 57.4 Å². The molecule has 0 unspecified atom stereocenters. The number of hydrazone groups is 1. The second-order valence-corrected chi connectivity index (χ2v) is 6.22. The summed E-state index contributed by atoms with van der Waals surface area (Å²) in [7, 11) is 1.63. The van der Waals surface area contributed by atoms with E-state index in [-0.39, 0.29) is 11.8 Å². The van der Waals surface area contributed by atoms with Crippen molar-refractivity contribution in [2.75, 3.05) is 13.6 Å². The van der Waals surface area contributed by atoms with Gasteiger partial charge in [-0.3, -0.25) is 9.59 Å². The zero-order valence-electron chi connectivity index (χ0n) is 12.2. The van der Waals surface area contributed by atoms with Gasteiger partial charge in [-0.15, -0.1) is 0 Å². The second-order valence-electron chi connectivity index (χ2n) is 6.22. The van der Waals surface area contributed by atoms with Crippen molar-refractivity contribution < 1.29 is 9.59 Å². The minimum absolute atomic E-state index is 0.00395. The summed E-state index contributed by atoms with van der Waals surface area (Å²) in [6, 6.07) is 0.413. The maximum atomic E-state index is 12.7. The zero-order valence-corrected chi connectivity index (χ0v) is 12.2. The summed E-state index contributed by atoms with van der Waals surface area (Å²) in [6.45, 7) is 0.858. The minimum atomic E-state index is -0.00395. The number of rotatable bonds is 1. The van der Waals surface area contributed by atoms with E-state index in [0.29, 0.717) is 30.5 Å². The third kappa shape index (κ3) is 2.45. The van der Waals surface area contributed by atoms with Crippen molar-refractivity contribution in [1.29, 1.82) is 0 Å². The monoisotopic (exact) mass is 277 g/mol. The Balaban J connectivity index is 1.75. The zero-order chi connectivity index (χ0) is 14.1. The van der Waals surface area contributed by atoms with Gasteiger partial charge in [-0.2, -0.15) is 5.10 Å². The molecule has 2 amide bonds. The molecule has 5 nitrogen and oxygen atoms in total. The number of piperidine rings is 1. The summed E-state index contributed by atoms with van der Waals surface area (Å²) in [4.78, 5) is 26.2. The Hall–Kier alpha value is -1.39. The van der Waals surface area contributed by atoms with Gasteiger partial charge in [0.05, 0.1) is 0 Å². The van der Waals surface area contributed by atoms with E-state index in [0.717, 1.165) is 19.4 Å². The molecule has 1 aliphatic carbocycles. The Morgan fingerprint density at radius 2 is 1.90 bits per heavy atom. The van der Waals surface area contributed by atoms with Crippen LogP contribution in [0, 0.1) is 5.92 Å². The third-order valence-electron chi connectivity index (χ3n) is 4.96. The predicted octanol–water partition coefficient (Wildman–Crippen LogP) is 1.78. The van der Waals surface area contributed by atoms with Gasteiger partial charge in [0.25, 0.3) is 5.91 Å². The lowest BCUT2D eigenvalue weighted by molar-refractivity contribution is -0.132. The van der Waals surface area contributed by atoms with E-state index < -0.39 is 0 Å². The van der Waals surface area contributed by atoms with Gasteiger partial charge in [0.2, 0.25) is 5.91 Å². The largest absolute Gasteiger partial charge is 0.334 e. The molecule has 0 aromatic rings. The van der Waals surface area contributed by atoms with Crippen LogP contribution in [0.5, 0.6) is 0 Å². The van der Waals surface area contributed by atoms with Gasteiger partial charge in [-0.05, 0) is 31.6 Å². The van der Waals surface area contributed by atoms with E-state index in [2.05, 4.69) is 10.0 Å². The van der Waals surface area contributed by atoms with E-state index in [1.54, 1.807) is 7.05 Å². The van der Waals surface area contributed by atoms with Crippen molar-refractivity contribution in [3.05, 3.63) is 0 Å². The summed E-state index contributed by atoms with van der Waals surface area (Å²) < 4.78 is 0. The minimum Gasteiger partial charge on any atom is -0.334 e. The van der Waals surface area contributed by atoms with Crippen molar-refractivity contribution in [2.24, 2.45) is 11.0 Å². The Morgan fingerprint density at radius 3 is 2.70 bits per heavy atom. The lowest BCUT2D eigenvalue weighted by Gasteiger charge is -2.44. The number of hydrogen-bond acceptors (Lipinski definition) is 3. The fraction of sp³-hybridized carbons (Fsp3) is 0.800. The van der Waals surface area contributed by atoms with Gasteiger partial charge >= 0.3 is 0 Å². The molecule has 5 heteroatoms.